The first kappa shape index (κ1) is 18.7. The third-order valence-electron chi connectivity index (χ3n) is 3.68. The van der Waals surface area contributed by atoms with E-state index in [1.165, 1.54) is 30.5 Å². The van der Waals surface area contributed by atoms with Gasteiger partial charge in [0, 0.05) is 23.6 Å². The van der Waals surface area contributed by atoms with Gasteiger partial charge < -0.3 is 15.5 Å². The molecule has 2 amide bonds. The van der Waals surface area contributed by atoms with Gasteiger partial charge in [-0.3, -0.25) is 9.59 Å². The summed E-state index contributed by atoms with van der Waals surface area (Å²) in [4.78, 5) is 27.2. The van der Waals surface area contributed by atoms with E-state index in [2.05, 4.69) is 10.3 Å². The molecule has 0 bridgehead atoms. The van der Waals surface area contributed by atoms with Crippen LogP contribution in [-0.2, 0) is 17.4 Å². The van der Waals surface area contributed by atoms with Gasteiger partial charge in [-0.15, -0.1) is 0 Å². The van der Waals surface area contributed by atoms with Crippen molar-refractivity contribution in [2.45, 2.75) is 12.6 Å². The monoisotopic (exact) mass is 396 g/mol. The van der Waals surface area contributed by atoms with Crippen LogP contribution in [0.3, 0.4) is 0 Å². The molecule has 1 aromatic carbocycles. The van der Waals surface area contributed by atoms with Gasteiger partial charge in [0.1, 0.15) is 0 Å². The predicted molar refractivity (Wildman–Crippen MR) is 92.5 cm³/mol. The summed E-state index contributed by atoms with van der Waals surface area (Å²) in [5, 5.41) is 2.43. The number of hydrogen-bond donors (Lipinski definition) is 2. The number of benzene rings is 1. The first-order valence-electron chi connectivity index (χ1n) is 7.57. The Labute approximate surface area is 155 Å². The number of pyridine rings is 1. The molecule has 0 fully saturated rings. The van der Waals surface area contributed by atoms with Crippen molar-refractivity contribution in [1.29, 1.82) is 0 Å². The normalized spacial score (nSPS) is 11.6. The number of imidazole rings is 1. The van der Waals surface area contributed by atoms with E-state index in [0.717, 1.165) is 16.7 Å². The van der Waals surface area contributed by atoms with E-state index in [4.69, 9.17) is 17.3 Å². The summed E-state index contributed by atoms with van der Waals surface area (Å²) in [5.74, 6) is -1.02. The minimum atomic E-state index is -4.54. The van der Waals surface area contributed by atoms with E-state index in [-0.39, 0.29) is 22.8 Å². The first-order chi connectivity index (χ1) is 12.6. The van der Waals surface area contributed by atoms with Crippen molar-refractivity contribution in [3.63, 3.8) is 0 Å². The largest absolute Gasteiger partial charge is 0.417 e. The van der Waals surface area contributed by atoms with Crippen molar-refractivity contribution in [3.8, 4) is 0 Å². The van der Waals surface area contributed by atoms with Crippen molar-refractivity contribution >= 4 is 34.7 Å². The van der Waals surface area contributed by atoms with E-state index >= 15 is 0 Å². The Hall–Kier alpha value is -3.07. The van der Waals surface area contributed by atoms with E-state index in [9.17, 15) is 22.8 Å². The Morgan fingerprint density at radius 1 is 1.19 bits per heavy atom. The number of primary amides is 1. The molecule has 0 atom stereocenters. The smallest absolute Gasteiger partial charge is 0.366 e. The van der Waals surface area contributed by atoms with Crippen LogP contribution >= 0.6 is 11.6 Å². The zero-order valence-corrected chi connectivity index (χ0v) is 14.3. The van der Waals surface area contributed by atoms with Gasteiger partial charge in [-0.1, -0.05) is 11.6 Å². The van der Waals surface area contributed by atoms with Gasteiger partial charge >= 0.3 is 6.18 Å². The molecule has 3 N–H and O–H groups in total. The highest BCUT2D eigenvalue weighted by Crippen LogP contribution is 2.32. The lowest BCUT2D eigenvalue weighted by Crippen LogP contribution is -2.15. The van der Waals surface area contributed by atoms with Crippen LogP contribution in [0.25, 0.3) is 5.65 Å². The Morgan fingerprint density at radius 2 is 1.85 bits per heavy atom. The third kappa shape index (κ3) is 4.20. The molecule has 2 aromatic heterocycles. The summed E-state index contributed by atoms with van der Waals surface area (Å²) < 4.78 is 39.7. The SMILES string of the molecule is NC(=O)c1ccc(NC(=O)Cc2cn3cc(C(F)(F)F)cc(Cl)c3n2)cc1. The quantitative estimate of drug-likeness (QED) is 0.709. The number of alkyl halides is 3. The highest BCUT2D eigenvalue weighted by molar-refractivity contribution is 6.33. The number of halogens is 4. The Kier molecular flexibility index (Phi) is 4.79. The molecule has 0 aliphatic carbocycles. The van der Waals surface area contributed by atoms with Crippen LogP contribution in [0.1, 0.15) is 21.6 Å². The maximum absolute atomic E-state index is 12.8. The summed E-state index contributed by atoms with van der Waals surface area (Å²) in [6.07, 6.45) is -2.54. The molecule has 27 heavy (non-hydrogen) atoms. The molecule has 140 valence electrons. The second-order valence-corrected chi connectivity index (χ2v) is 6.11. The average molecular weight is 397 g/mol. The van der Waals surface area contributed by atoms with E-state index in [0.29, 0.717) is 11.3 Å². The number of amides is 2. The lowest BCUT2D eigenvalue weighted by molar-refractivity contribution is -0.137. The summed E-state index contributed by atoms with van der Waals surface area (Å²) in [5.41, 5.74) is 5.33. The number of aromatic nitrogens is 2. The van der Waals surface area contributed by atoms with Crippen LogP contribution in [0.5, 0.6) is 0 Å². The van der Waals surface area contributed by atoms with Crippen LogP contribution in [0, 0.1) is 0 Å². The maximum atomic E-state index is 12.8. The van der Waals surface area contributed by atoms with Crippen molar-refractivity contribution < 1.29 is 22.8 Å². The number of carbonyl (C=O) groups excluding carboxylic acids is 2. The Balaban J connectivity index is 1.77. The molecule has 6 nitrogen and oxygen atoms in total. The van der Waals surface area contributed by atoms with Crippen LogP contribution < -0.4 is 11.1 Å². The zero-order chi connectivity index (χ0) is 19.8. The third-order valence-corrected chi connectivity index (χ3v) is 3.96. The van der Waals surface area contributed by atoms with Crippen molar-refractivity contribution in [1.82, 2.24) is 9.38 Å². The van der Waals surface area contributed by atoms with E-state index in [1.54, 1.807) is 0 Å². The average Bonchev–Trinajstić information content (AvgIpc) is 2.97. The molecule has 2 heterocycles. The fourth-order valence-electron chi connectivity index (χ4n) is 2.44. The molecular formula is C17H12ClF3N4O2. The second-order valence-electron chi connectivity index (χ2n) is 5.70. The van der Waals surface area contributed by atoms with Crippen LogP contribution in [0.15, 0.2) is 42.7 Å². The highest BCUT2D eigenvalue weighted by atomic mass is 35.5. The lowest BCUT2D eigenvalue weighted by Gasteiger charge is -2.07. The summed E-state index contributed by atoms with van der Waals surface area (Å²) in [7, 11) is 0. The number of anilines is 1. The molecule has 0 aliphatic rings. The first-order valence-corrected chi connectivity index (χ1v) is 7.95. The Morgan fingerprint density at radius 3 is 2.44 bits per heavy atom. The number of fused-ring (bicyclic) bond motifs is 1. The van der Waals surface area contributed by atoms with Gasteiger partial charge in [0.05, 0.1) is 22.7 Å². The number of nitrogens with one attached hydrogen (secondary N) is 1. The van der Waals surface area contributed by atoms with Gasteiger partial charge in [-0.05, 0) is 30.3 Å². The Bertz CT molecular complexity index is 1030. The fraction of sp³-hybridized carbons (Fsp3) is 0.118. The lowest BCUT2D eigenvalue weighted by atomic mass is 10.2. The standard InChI is InChI=1S/C17H12ClF3N4O2/c18-13-5-10(17(19,20)21)7-25-8-12(24-16(13)25)6-14(26)23-11-3-1-9(2-4-11)15(22)27/h1-5,7-8H,6H2,(H2,22,27)(H,23,26). The molecule has 10 heteroatoms. The number of nitrogens with zero attached hydrogens (tertiary/aromatic N) is 2. The molecule has 0 spiro atoms. The van der Waals surface area contributed by atoms with Crippen LogP contribution in [-0.4, -0.2) is 21.2 Å². The summed E-state index contributed by atoms with van der Waals surface area (Å²) >= 11 is 5.87. The zero-order valence-electron chi connectivity index (χ0n) is 13.5. The molecule has 0 aliphatic heterocycles. The molecule has 0 saturated heterocycles. The second kappa shape index (κ2) is 6.92. The molecule has 0 radical (unpaired) electrons. The van der Waals surface area contributed by atoms with Crippen LogP contribution in [0.2, 0.25) is 5.02 Å². The predicted octanol–water partition coefficient (Wildman–Crippen LogP) is 3.29. The van der Waals surface area contributed by atoms with Crippen LogP contribution in [0.4, 0.5) is 18.9 Å². The summed E-state index contributed by atoms with van der Waals surface area (Å²) in [6.45, 7) is 0. The molecule has 3 aromatic rings. The minimum Gasteiger partial charge on any atom is -0.366 e. The molecular weight excluding hydrogens is 385 g/mol. The number of rotatable bonds is 4. The maximum Gasteiger partial charge on any atom is 0.417 e. The summed E-state index contributed by atoms with van der Waals surface area (Å²) in [6, 6.07) is 6.72. The molecule has 0 saturated carbocycles. The fourth-order valence-corrected chi connectivity index (χ4v) is 2.69. The minimum absolute atomic E-state index is 0.123. The van der Waals surface area contributed by atoms with E-state index in [1.807, 2.05) is 0 Å². The van der Waals surface area contributed by atoms with E-state index < -0.39 is 23.6 Å². The molecule has 3 rings (SSSR count). The van der Waals surface area contributed by atoms with Crippen molar-refractivity contribution in [2.75, 3.05) is 5.32 Å². The molecule has 0 unspecified atom stereocenters. The van der Waals surface area contributed by atoms with Gasteiger partial charge in [0.2, 0.25) is 11.8 Å². The van der Waals surface area contributed by atoms with Gasteiger partial charge in [0.25, 0.3) is 0 Å². The highest BCUT2D eigenvalue weighted by Gasteiger charge is 2.32. The topological polar surface area (TPSA) is 89.5 Å². The van der Waals surface area contributed by atoms with Crippen molar-refractivity contribution in [2.24, 2.45) is 5.73 Å². The van der Waals surface area contributed by atoms with Gasteiger partial charge in [-0.2, -0.15) is 13.2 Å². The number of hydrogen-bond acceptors (Lipinski definition) is 3. The number of carbonyl (C=O) groups is 2. The number of nitrogens with two attached hydrogens (primary N) is 1. The van der Waals surface area contributed by atoms with Gasteiger partial charge in [-0.25, -0.2) is 4.98 Å². The van der Waals surface area contributed by atoms with Gasteiger partial charge in [0.15, 0.2) is 5.65 Å². The van der Waals surface area contributed by atoms with Crippen molar-refractivity contribution in [3.05, 3.63) is 64.6 Å².